The molecular weight excluding hydrogens is 274 g/mol. The molecule has 120 valence electrons. The van der Waals surface area contributed by atoms with E-state index in [1.54, 1.807) is 0 Å². The highest BCUT2D eigenvalue weighted by Gasteiger charge is 2.38. The molecule has 1 atom stereocenters. The zero-order valence-corrected chi connectivity index (χ0v) is 13.5. The van der Waals surface area contributed by atoms with Crippen molar-refractivity contribution in [1.82, 2.24) is 15.5 Å². The molecule has 2 N–H and O–H groups in total. The average Bonchev–Trinajstić information content (AvgIpc) is 2.56. The molecule has 22 heavy (non-hydrogen) atoms. The Kier molecular flexibility index (Phi) is 4.79. The lowest BCUT2D eigenvalue weighted by Gasteiger charge is -2.35. The van der Waals surface area contributed by atoms with Crippen LogP contribution in [0.25, 0.3) is 0 Å². The van der Waals surface area contributed by atoms with Crippen LogP contribution in [0.4, 0.5) is 0 Å². The minimum atomic E-state index is -0.363. The number of rotatable bonds is 4. The van der Waals surface area contributed by atoms with E-state index in [1.165, 1.54) is 11.1 Å². The maximum absolute atomic E-state index is 12.8. The molecular formula is C18H27N3O. The Morgan fingerprint density at radius 2 is 2.09 bits per heavy atom. The smallest absolute Gasteiger partial charge is 0.230 e. The van der Waals surface area contributed by atoms with Crippen LogP contribution in [0.2, 0.25) is 0 Å². The fourth-order valence-electron chi connectivity index (χ4n) is 3.74. The van der Waals surface area contributed by atoms with Gasteiger partial charge in [0.2, 0.25) is 5.91 Å². The molecule has 0 aromatic heterocycles. The summed E-state index contributed by atoms with van der Waals surface area (Å²) in [5.74, 6) is 0.190. The van der Waals surface area contributed by atoms with Gasteiger partial charge in [-0.3, -0.25) is 9.69 Å². The van der Waals surface area contributed by atoms with Crippen molar-refractivity contribution < 1.29 is 4.79 Å². The van der Waals surface area contributed by atoms with Gasteiger partial charge in [0.05, 0.1) is 5.41 Å². The van der Waals surface area contributed by atoms with Gasteiger partial charge in [-0.05, 0) is 37.3 Å². The van der Waals surface area contributed by atoms with E-state index < -0.39 is 0 Å². The molecule has 1 amide bonds. The van der Waals surface area contributed by atoms with Gasteiger partial charge in [0, 0.05) is 39.3 Å². The maximum atomic E-state index is 12.8. The van der Waals surface area contributed by atoms with Crippen LogP contribution < -0.4 is 10.6 Å². The number of nitrogens with one attached hydrogen (secondary N) is 2. The third-order valence-corrected chi connectivity index (χ3v) is 5.16. The molecule has 1 unspecified atom stereocenters. The number of aryl methyl sites for hydroxylation is 1. The number of fused-ring (bicyclic) bond motifs is 1. The summed E-state index contributed by atoms with van der Waals surface area (Å²) in [7, 11) is 0. The maximum Gasteiger partial charge on any atom is 0.230 e. The van der Waals surface area contributed by atoms with Crippen LogP contribution >= 0.6 is 0 Å². The van der Waals surface area contributed by atoms with Crippen molar-refractivity contribution in [2.24, 2.45) is 0 Å². The van der Waals surface area contributed by atoms with E-state index in [4.69, 9.17) is 0 Å². The van der Waals surface area contributed by atoms with Gasteiger partial charge in [0.25, 0.3) is 0 Å². The topological polar surface area (TPSA) is 44.4 Å². The summed E-state index contributed by atoms with van der Waals surface area (Å²) in [5.41, 5.74) is 2.20. The Bertz CT molecular complexity index is 525. The Morgan fingerprint density at radius 3 is 2.91 bits per heavy atom. The lowest BCUT2D eigenvalue weighted by molar-refractivity contribution is -0.126. The molecule has 4 nitrogen and oxygen atoms in total. The minimum Gasteiger partial charge on any atom is -0.354 e. The average molecular weight is 301 g/mol. The van der Waals surface area contributed by atoms with Gasteiger partial charge < -0.3 is 10.6 Å². The Morgan fingerprint density at radius 1 is 1.32 bits per heavy atom. The van der Waals surface area contributed by atoms with Crippen molar-refractivity contribution in [3.05, 3.63) is 35.4 Å². The van der Waals surface area contributed by atoms with Crippen molar-refractivity contribution in [3.63, 3.8) is 0 Å². The van der Waals surface area contributed by atoms with Crippen LogP contribution in [0.5, 0.6) is 0 Å². The lowest BCUT2D eigenvalue weighted by Crippen LogP contribution is -2.49. The van der Waals surface area contributed by atoms with E-state index in [-0.39, 0.29) is 11.3 Å². The number of piperazine rings is 1. The summed E-state index contributed by atoms with van der Waals surface area (Å²) in [6.07, 6.45) is 3.14. The molecule has 0 radical (unpaired) electrons. The highest BCUT2D eigenvalue weighted by Crippen LogP contribution is 2.37. The molecule has 3 rings (SSSR count). The summed E-state index contributed by atoms with van der Waals surface area (Å²) in [6.45, 7) is 8.07. The monoisotopic (exact) mass is 301 g/mol. The largest absolute Gasteiger partial charge is 0.354 e. The Hall–Kier alpha value is -1.39. The van der Waals surface area contributed by atoms with Gasteiger partial charge in [0.1, 0.15) is 0 Å². The van der Waals surface area contributed by atoms with Crippen LogP contribution in [0, 0.1) is 0 Å². The second kappa shape index (κ2) is 6.80. The van der Waals surface area contributed by atoms with Crippen molar-refractivity contribution in [2.45, 2.75) is 31.6 Å². The summed E-state index contributed by atoms with van der Waals surface area (Å²) in [5, 5.41) is 6.53. The molecule has 0 spiro atoms. The summed E-state index contributed by atoms with van der Waals surface area (Å²) in [4.78, 5) is 15.2. The first-order valence-corrected chi connectivity index (χ1v) is 8.50. The number of hydrogen-bond acceptors (Lipinski definition) is 3. The number of carbonyl (C=O) groups is 1. The van der Waals surface area contributed by atoms with Gasteiger partial charge in [-0.25, -0.2) is 0 Å². The predicted molar refractivity (Wildman–Crippen MR) is 89.1 cm³/mol. The van der Waals surface area contributed by atoms with E-state index in [0.29, 0.717) is 0 Å². The first-order valence-electron chi connectivity index (χ1n) is 8.50. The molecule has 0 saturated carbocycles. The molecule has 1 saturated heterocycles. The fraction of sp³-hybridized carbons (Fsp3) is 0.611. The van der Waals surface area contributed by atoms with E-state index in [0.717, 1.165) is 58.5 Å². The molecule has 1 fully saturated rings. The zero-order chi connectivity index (χ0) is 15.4. The summed E-state index contributed by atoms with van der Waals surface area (Å²) >= 11 is 0. The molecule has 1 heterocycles. The third kappa shape index (κ3) is 3.18. The number of nitrogens with zero attached hydrogens (tertiary/aromatic N) is 1. The van der Waals surface area contributed by atoms with Crippen molar-refractivity contribution >= 4 is 5.91 Å². The third-order valence-electron chi connectivity index (χ3n) is 5.16. The minimum absolute atomic E-state index is 0.190. The quantitative estimate of drug-likeness (QED) is 0.881. The second-order valence-corrected chi connectivity index (χ2v) is 6.69. The Labute approximate surface area is 133 Å². The standard InChI is InChI=1S/C18H27N3O/c1-18(8-4-6-15-5-2-3-7-16(15)18)17(22)20-11-14-21-12-9-19-10-13-21/h2-3,5,7,19H,4,6,8-14H2,1H3,(H,20,22). The van der Waals surface area contributed by atoms with Crippen LogP contribution in [0.1, 0.15) is 30.9 Å². The van der Waals surface area contributed by atoms with Crippen LogP contribution in [-0.2, 0) is 16.6 Å². The second-order valence-electron chi connectivity index (χ2n) is 6.69. The van der Waals surface area contributed by atoms with Gasteiger partial charge in [0.15, 0.2) is 0 Å². The molecule has 1 aliphatic carbocycles. The predicted octanol–water partition coefficient (Wildman–Crippen LogP) is 1.30. The van der Waals surface area contributed by atoms with Gasteiger partial charge in [-0.1, -0.05) is 24.3 Å². The van der Waals surface area contributed by atoms with Gasteiger partial charge in [-0.2, -0.15) is 0 Å². The van der Waals surface area contributed by atoms with Crippen LogP contribution in [-0.4, -0.2) is 50.1 Å². The van der Waals surface area contributed by atoms with E-state index >= 15 is 0 Å². The molecule has 0 bridgehead atoms. The number of amides is 1. The first kappa shape index (κ1) is 15.5. The molecule has 1 aromatic rings. The highest BCUT2D eigenvalue weighted by atomic mass is 16.2. The highest BCUT2D eigenvalue weighted by molar-refractivity contribution is 5.88. The van der Waals surface area contributed by atoms with Crippen LogP contribution in [0.15, 0.2) is 24.3 Å². The summed E-state index contributed by atoms with van der Waals surface area (Å²) in [6, 6.07) is 8.43. The Balaban J connectivity index is 1.59. The van der Waals surface area contributed by atoms with E-state index in [2.05, 4.69) is 46.7 Å². The van der Waals surface area contributed by atoms with Gasteiger partial charge >= 0.3 is 0 Å². The van der Waals surface area contributed by atoms with E-state index in [1.807, 2.05) is 0 Å². The van der Waals surface area contributed by atoms with Crippen molar-refractivity contribution in [3.8, 4) is 0 Å². The molecule has 1 aliphatic heterocycles. The van der Waals surface area contributed by atoms with Crippen molar-refractivity contribution in [2.75, 3.05) is 39.3 Å². The number of benzene rings is 1. The molecule has 1 aromatic carbocycles. The van der Waals surface area contributed by atoms with E-state index in [9.17, 15) is 4.79 Å². The first-order chi connectivity index (χ1) is 10.7. The molecule has 4 heteroatoms. The van der Waals surface area contributed by atoms with Crippen molar-refractivity contribution in [1.29, 1.82) is 0 Å². The van der Waals surface area contributed by atoms with Crippen LogP contribution in [0.3, 0.4) is 0 Å². The van der Waals surface area contributed by atoms with Gasteiger partial charge in [-0.15, -0.1) is 0 Å². The number of carbonyl (C=O) groups excluding carboxylic acids is 1. The SMILES string of the molecule is CC1(C(=O)NCCN2CCNCC2)CCCc2ccccc21. The lowest BCUT2D eigenvalue weighted by atomic mass is 9.70. The molecule has 2 aliphatic rings. The fourth-order valence-corrected chi connectivity index (χ4v) is 3.74. The number of hydrogen-bond donors (Lipinski definition) is 2. The zero-order valence-electron chi connectivity index (χ0n) is 13.5. The normalized spacial score (nSPS) is 25.5. The summed E-state index contributed by atoms with van der Waals surface area (Å²) < 4.78 is 0.